The maximum Gasteiger partial charge on any atom is 0.214 e. The molecule has 2 rings (SSSR count). The number of benzene rings is 1. The van der Waals surface area contributed by atoms with E-state index in [2.05, 4.69) is 28.6 Å². The monoisotopic (exact) mass is 258 g/mol. The van der Waals surface area contributed by atoms with Crippen LogP contribution >= 0.6 is 28.6 Å². The van der Waals surface area contributed by atoms with Crippen molar-refractivity contribution in [3.8, 4) is 5.75 Å². The van der Waals surface area contributed by atoms with E-state index in [-0.39, 0.29) is 12.2 Å². The van der Waals surface area contributed by atoms with Gasteiger partial charge in [0.05, 0.1) is 12.0 Å². The lowest BCUT2D eigenvalue weighted by molar-refractivity contribution is 0.0904. The number of thiol groups is 1. The van der Waals surface area contributed by atoms with E-state index in [0.29, 0.717) is 11.3 Å². The number of ether oxygens (including phenoxy) is 1. The molecule has 1 unspecified atom stereocenters. The second-order valence-electron chi connectivity index (χ2n) is 2.89. The largest absolute Gasteiger partial charge is 0.466 e. The van der Waals surface area contributed by atoms with Gasteiger partial charge < -0.3 is 4.74 Å². The van der Waals surface area contributed by atoms with Crippen molar-refractivity contribution in [3.63, 3.8) is 0 Å². The average Bonchev–Trinajstić information content (AvgIpc) is 2.02. The zero-order chi connectivity index (χ0) is 9.47. The van der Waals surface area contributed by atoms with Gasteiger partial charge >= 0.3 is 0 Å². The van der Waals surface area contributed by atoms with Crippen LogP contribution in [0.1, 0.15) is 16.8 Å². The van der Waals surface area contributed by atoms with Crippen LogP contribution in [0, 0.1) is 0 Å². The fourth-order valence-electron chi connectivity index (χ4n) is 1.28. The van der Waals surface area contributed by atoms with Gasteiger partial charge in [0.25, 0.3) is 0 Å². The molecule has 68 valence electrons. The summed E-state index contributed by atoms with van der Waals surface area (Å²) in [6.45, 7) is 0. The summed E-state index contributed by atoms with van der Waals surface area (Å²) in [5, 5.41) is 0. The fraction of sp³-hybridized carbons (Fsp3) is 0.222. The lowest BCUT2D eigenvalue weighted by Gasteiger charge is -2.28. The van der Waals surface area contributed by atoms with Crippen molar-refractivity contribution >= 4 is 34.3 Å². The zero-order valence-corrected chi connectivity index (χ0v) is 9.14. The van der Waals surface area contributed by atoms with Crippen molar-refractivity contribution in [2.24, 2.45) is 0 Å². The second-order valence-corrected chi connectivity index (χ2v) is 5.50. The van der Waals surface area contributed by atoms with Crippen LogP contribution in [0.4, 0.5) is 0 Å². The number of hydrogen-bond donors (Lipinski definition) is 1. The first kappa shape index (κ1) is 9.09. The van der Waals surface area contributed by atoms with E-state index in [4.69, 9.17) is 4.74 Å². The number of carbonyl (C=O) groups excluding carboxylic acids is 1. The first-order valence-electron chi connectivity index (χ1n) is 3.81. The highest BCUT2D eigenvalue weighted by Gasteiger charge is 2.34. The standard InChI is InChI=1S/C9H7BrO2S/c10-9(13)5-7(11)6-3-1-2-4-8(6)12-9/h1-4,13H,5H2. The van der Waals surface area contributed by atoms with Gasteiger partial charge in [0.2, 0.25) is 3.84 Å². The predicted octanol–water partition coefficient (Wildman–Crippen LogP) is 2.63. The number of halogens is 1. The van der Waals surface area contributed by atoms with Crippen LogP contribution in [-0.2, 0) is 0 Å². The summed E-state index contributed by atoms with van der Waals surface area (Å²) >= 11 is 7.40. The molecule has 0 radical (unpaired) electrons. The van der Waals surface area contributed by atoms with E-state index in [1.165, 1.54) is 0 Å². The molecule has 1 aromatic carbocycles. The lowest BCUT2D eigenvalue weighted by Crippen LogP contribution is -2.30. The third kappa shape index (κ3) is 1.74. The number of para-hydroxylation sites is 1. The second kappa shape index (κ2) is 3.03. The van der Waals surface area contributed by atoms with Gasteiger partial charge in [0.15, 0.2) is 5.78 Å². The molecule has 0 amide bonds. The summed E-state index contributed by atoms with van der Waals surface area (Å²) in [7, 11) is 0. The molecule has 1 aromatic rings. The van der Waals surface area contributed by atoms with Crippen molar-refractivity contribution in [2.45, 2.75) is 10.3 Å². The molecular weight excluding hydrogens is 252 g/mol. The Balaban J connectivity index is 2.49. The Morgan fingerprint density at radius 3 is 2.92 bits per heavy atom. The molecule has 0 aromatic heterocycles. The Labute approximate surface area is 89.8 Å². The van der Waals surface area contributed by atoms with Gasteiger partial charge in [-0.15, -0.1) is 12.6 Å². The first-order valence-corrected chi connectivity index (χ1v) is 5.05. The topological polar surface area (TPSA) is 26.3 Å². The summed E-state index contributed by atoms with van der Waals surface area (Å²) < 4.78 is 4.60. The molecule has 0 saturated heterocycles. The molecule has 1 atom stereocenters. The number of carbonyl (C=O) groups is 1. The maximum absolute atomic E-state index is 11.5. The Morgan fingerprint density at radius 2 is 2.15 bits per heavy atom. The van der Waals surface area contributed by atoms with Gasteiger partial charge in [-0.3, -0.25) is 4.79 Å². The maximum atomic E-state index is 11.5. The van der Waals surface area contributed by atoms with E-state index in [1.807, 2.05) is 12.1 Å². The van der Waals surface area contributed by atoms with Crippen molar-refractivity contribution in [2.75, 3.05) is 0 Å². The SMILES string of the molecule is O=C1CC(S)(Br)Oc2ccccc21. The summed E-state index contributed by atoms with van der Waals surface area (Å²) in [6.07, 6.45) is 0.243. The predicted molar refractivity (Wildman–Crippen MR) is 56.7 cm³/mol. The fourth-order valence-corrected chi connectivity index (χ4v) is 1.95. The van der Waals surface area contributed by atoms with Crippen molar-refractivity contribution < 1.29 is 9.53 Å². The third-order valence-corrected chi connectivity index (χ3v) is 2.52. The van der Waals surface area contributed by atoms with Crippen LogP contribution in [0.5, 0.6) is 5.75 Å². The van der Waals surface area contributed by atoms with E-state index in [0.717, 1.165) is 0 Å². The lowest BCUT2D eigenvalue weighted by atomic mass is 10.1. The van der Waals surface area contributed by atoms with Crippen molar-refractivity contribution in [3.05, 3.63) is 29.8 Å². The normalized spacial score (nSPS) is 26.5. The highest BCUT2D eigenvalue weighted by molar-refractivity contribution is 9.11. The molecular formula is C9H7BrO2S. The van der Waals surface area contributed by atoms with Crippen LogP contribution in [0.15, 0.2) is 24.3 Å². The number of ketones is 1. The van der Waals surface area contributed by atoms with Gasteiger partial charge in [-0.25, -0.2) is 0 Å². The summed E-state index contributed by atoms with van der Waals surface area (Å²) in [5.41, 5.74) is 0.631. The third-order valence-electron chi connectivity index (χ3n) is 1.83. The molecule has 2 nitrogen and oxygen atoms in total. The Hall–Kier alpha value is -0.480. The van der Waals surface area contributed by atoms with Crippen LogP contribution in [0.25, 0.3) is 0 Å². The Morgan fingerprint density at radius 1 is 1.46 bits per heavy atom. The average molecular weight is 259 g/mol. The molecule has 1 aliphatic rings. The number of hydrogen-bond acceptors (Lipinski definition) is 3. The Bertz CT molecular complexity index is 362. The molecule has 0 aliphatic carbocycles. The quantitative estimate of drug-likeness (QED) is 0.572. The van der Waals surface area contributed by atoms with Gasteiger partial charge in [-0.1, -0.05) is 12.1 Å². The minimum Gasteiger partial charge on any atom is -0.466 e. The van der Waals surface area contributed by atoms with Gasteiger partial charge in [0, 0.05) is 0 Å². The van der Waals surface area contributed by atoms with Crippen LogP contribution < -0.4 is 4.74 Å². The van der Waals surface area contributed by atoms with E-state index in [1.54, 1.807) is 12.1 Å². The van der Waals surface area contributed by atoms with Crippen molar-refractivity contribution in [1.29, 1.82) is 0 Å². The molecule has 4 heteroatoms. The molecule has 13 heavy (non-hydrogen) atoms. The van der Waals surface area contributed by atoms with Crippen LogP contribution in [-0.4, -0.2) is 9.63 Å². The van der Waals surface area contributed by atoms with Crippen molar-refractivity contribution in [1.82, 2.24) is 0 Å². The van der Waals surface area contributed by atoms with Gasteiger partial charge in [0.1, 0.15) is 5.75 Å². The summed E-state index contributed by atoms with van der Waals surface area (Å²) in [6, 6.07) is 7.17. The Kier molecular flexibility index (Phi) is 2.12. The molecule has 0 fully saturated rings. The first-order chi connectivity index (χ1) is 6.08. The number of alkyl halides is 1. The molecule has 1 aliphatic heterocycles. The summed E-state index contributed by atoms with van der Waals surface area (Å²) in [4.78, 5) is 11.5. The molecule has 1 heterocycles. The van der Waals surface area contributed by atoms with Crippen LogP contribution in [0.3, 0.4) is 0 Å². The highest BCUT2D eigenvalue weighted by Crippen LogP contribution is 2.38. The van der Waals surface area contributed by atoms with E-state index >= 15 is 0 Å². The molecule has 0 saturated carbocycles. The summed E-state index contributed by atoms with van der Waals surface area (Å²) in [5.74, 6) is 0.638. The minimum absolute atomic E-state index is 0.0497. The molecule has 0 N–H and O–H groups in total. The highest BCUT2D eigenvalue weighted by atomic mass is 79.9. The zero-order valence-electron chi connectivity index (χ0n) is 6.66. The number of fused-ring (bicyclic) bond motifs is 1. The van der Waals surface area contributed by atoms with E-state index < -0.39 is 3.84 Å². The molecule has 0 spiro atoms. The van der Waals surface area contributed by atoms with E-state index in [9.17, 15) is 4.79 Å². The number of rotatable bonds is 0. The number of Topliss-reactive ketones (excluding diaryl/α,β-unsaturated/α-hetero) is 1. The smallest absolute Gasteiger partial charge is 0.214 e. The molecule has 0 bridgehead atoms. The van der Waals surface area contributed by atoms with Gasteiger partial charge in [-0.05, 0) is 28.1 Å². The van der Waals surface area contributed by atoms with Gasteiger partial charge in [-0.2, -0.15) is 0 Å². The minimum atomic E-state index is -0.849. The van der Waals surface area contributed by atoms with Crippen LogP contribution in [0.2, 0.25) is 0 Å².